The molecule has 94 valence electrons. The van der Waals surface area contributed by atoms with Crippen LogP contribution in [-0.2, 0) is 4.74 Å². The largest absolute Gasteiger partial charge is 0.397 e. The summed E-state index contributed by atoms with van der Waals surface area (Å²) >= 11 is 3.43. The van der Waals surface area contributed by atoms with Crippen LogP contribution >= 0.6 is 15.9 Å². The topological polar surface area (TPSA) is 38.5 Å². The molecule has 0 unspecified atom stereocenters. The predicted octanol–water partition coefficient (Wildman–Crippen LogP) is 3.04. The van der Waals surface area contributed by atoms with Crippen molar-refractivity contribution >= 4 is 27.3 Å². The fraction of sp³-hybridized carbons (Fsp3) is 0.538. The van der Waals surface area contributed by atoms with E-state index in [1.54, 1.807) is 0 Å². The molecule has 0 aliphatic carbocycles. The lowest BCUT2D eigenvalue weighted by atomic mass is 10.1. The van der Waals surface area contributed by atoms with Crippen LogP contribution in [0.1, 0.15) is 19.8 Å². The summed E-state index contributed by atoms with van der Waals surface area (Å²) in [5, 5.41) is 0. The first-order valence-corrected chi connectivity index (χ1v) is 6.91. The van der Waals surface area contributed by atoms with E-state index in [-0.39, 0.29) is 0 Å². The number of halogens is 1. The van der Waals surface area contributed by atoms with Crippen molar-refractivity contribution in [3.8, 4) is 0 Å². The van der Waals surface area contributed by atoms with Crippen molar-refractivity contribution in [2.75, 3.05) is 30.3 Å². The molecule has 0 spiro atoms. The molecule has 4 heteroatoms. The summed E-state index contributed by atoms with van der Waals surface area (Å²) in [6.45, 7) is 4.91. The van der Waals surface area contributed by atoms with E-state index in [4.69, 9.17) is 10.5 Å². The van der Waals surface area contributed by atoms with E-state index in [1.807, 2.05) is 12.1 Å². The highest BCUT2D eigenvalue weighted by Gasteiger charge is 2.20. The van der Waals surface area contributed by atoms with Crippen LogP contribution in [0.25, 0.3) is 0 Å². The first-order valence-electron chi connectivity index (χ1n) is 6.12. The van der Waals surface area contributed by atoms with Gasteiger partial charge < -0.3 is 15.4 Å². The van der Waals surface area contributed by atoms with Gasteiger partial charge >= 0.3 is 0 Å². The maximum Gasteiger partial charge on any atom is 0.0608 e. The molecule has 3 nitrogen and oxygen atoms in total. The second kappa shape index (κ2) is 5.74. The second-order valence-corrected chi connectivity index (χ2v) is 5.26. The van der Waals surface area contributed by atoms with Gasteiger partial charge in [-0.1, -0.05) is 15.9 Å². The van der Waals surface area contributed by atoms with Gasteiger partial charge in [0.25, 0.3) is 0 Å². The van der Waals surface area contributed by atoms with Crippen molar-refractivity contribution in [2.24, 2.45) is 0 Å². The number of nitrogens with zero attached hydrogens (tertiary/aromatic N) is 1. The lowest BCUT2D eigenvalue weighted by molar-refractivity contribution is 0.0459. The maximum absolute atomic E-state index is 6.04. The molecule has 1 aromatic rings. The molecular formula is C13H19BrN2O. The Labute approximate surface area is 111 Å². The zero-order valence-electron chi connectivity index (χ0n) is 10.2. The first kappa shape index (κ1) is 12.7. The Bertz CT molecular complexity index is 376. The molecule has 1 aliphatic rings. The highest BCUT2D eigenvalue weighted by Crippen LogP contribution is 2.29. The summed E-state index contributed by atoms with van der Waals surface area (Å²) in [6.07, 6.45) is 2.60. The molecule has 0 amide bonds. The summed E-state index contributed by atoms with van der Waals surface area (Å²) in [5.41, 5.74) is 8.03. The highest BCUT2D eigenvalue weighted by molar-refractivity contribution is 9.10. The number of hydrogen-bond acceptors (Lipinski definition) is 3. The third-order valence-corrected chi connectivity index (χ3v) is 3.67. The minimum absolute atomic E-state index is 0.424. The molecule has 1 heterocycles. The molecule has 2 N–H and O–H groups in total. The Balaban J connectivity index is 2.00. The van der Waals surface area contributed by atoms with Gasteiger partial charge in [-0.3, -0.25) is 0 Å². The van der Waals surface area contributed by atoms with Gasteiger partial charge in [0.1, 0.15) is 0 Å². The smallest absolute Gasteiger partial charge is 0.0608 e. The molecule has 2 rings (SSSR count). The van der Waals surface area contributed by atoms with E-state index < -0.39 is 0 Å². The Morgan fingerprint density at radius 3 is 2.71 bits per heavy atom. The van der Waals surface area contributed by atoms with E-state index in [0.29, 0.717) is 6.10 Å². The number of benzene rings is 1. The third-order valence-electron chi connectivity index (χ3n) is 3.17. The average molecular weight is 299 g/mol. The Hall–Kier alpha value is -0.740. The van der Waals surface area contributed by atoms with E-state index in [1.165, 1.54) is 0 Å². The molecule has 0 atom stereocenters. The van der Waals surface area contributed by atoms with Crippen molar-refractivity contribution < 1.29 is 4.74 Å². The quantitative estimate of drug-likeness (QED) is 0.872. The summed E-state index contributed by atoms with van der Waals surface area (Å²) in [4.78, 5) is 2.34. The van der Waals surface area contributed by atoms with Gasteiger partial charge in [0.05, 0.1) is 17.5 Å². The van der Waals surface area contributed by atoms with E-state index in [9.17, 15) is 0 Å². The van der Waals surface area contributed by atoms with Gasteiger partial charge in [-0.15, -0.1) is 0 Å². The minimum atomic E-state index is 0.424. The Kier molecular flexibility index (Phi) is 4.29. The monoisotopic (exact) mass is 298 g/mol. The highest BCUT2D eigenvalue weighted by atomic mass is 79.9. The number of nitrogens with two attached hydrogens (primary N) is 1. The number of ether oxygens (including phenoxy) is 1. The zero-order valence-corrected chi connectivity index (χ0v) is 11.7. The fourth-order valence-corrected chi connectivity index (χ4v) is 2.69. The normalized spacial score (nSPS) is 17.4. The summed E-state index contributed by atoms with van der Waals surface area (Å²) < 4.78 is 6.68. The lowest BCUT2D eigenvalue weighted by Gasteiger charge is -2.34. The second-order valence-electron chi connectivity index (χ2n) is 4.34. The third kappa shape index (κ3) is 3.13. The van der Waals surface area contributed by atoms with Crippen LogP contribution in [0.4, 0.5) is 11.4 Å². The van der Waals surface area contributed by atoms with Crippen molar-refractivity contribution in [1.29, 1.82) is 0 Å². The summed E-state index contributed by atoms with van der Waals surface area (Å²) in [6, 6.07) is 6.09. The van der Waals surface area contributed by atoms with Crippen molar-refractivity contribution in [3.05, 3.63) is 22.7 Å². The van der Waals surface area contributed by atoms with Gasteiger partial charge in [-0.2, -0.15) is 0 Å². The standard InChI is InChI=1S/C13H19BrN2O/c1-2-17-11-5-7-16(8-6-11)13-4-3-10(14)9-12(13)15/h3-4,9,11H,2,5-8,15H2,1H3. The van der Waals surface area contributed by atoms with Crippen molar-refractivity contribution in [3.63, 3.8) is 0 Å². The lowest BCUT2D eigenvalue weighted by Crippen LogP contribution is -2.37. The minimum Gasteiger partial charge on any atom is -0.397 e. The maximum atomic E-state index is 6.04. The van der Waals surface area contributed by atoms with Crippen molar-refractivity contribution in [1.82, 2.24) is 0 Å². The average Bonchev–Trinajstić information content (AvgIpc) is 2.31. The molecule has 1 saturated heterocycles. The first-order chi connectivity index (χ1) is 8.20. The van der Waals surface area contributed by atoms with Gasteiger partial charge in [-0.05, 0) is 38.0 Å². The van der Waals surface area contributed by atoms with E-state index in [2.05, 4.69) is 33.8 Å². The number of hydrogen-bond donors (Lipinski definition) is 1. The molecule has 0 aromatic heterocycles. The molecule has 0 saturated carbocycles. The molecule has 0 radical (unpaired) electrons. The molecule has 1 fully saturated rings. The Morgan fingerprint density at radius 2 is 2.12 bits per heavy atom. The van der Waals surface area contributed by atoms with Gasteiger partial charge in [0, 0.05) is 24.2 Å². The molecule has 17 heavy (non-hydrogen) atoms. The van der Waals surface area contributed by atoms with Crippen LogP contribution in [-0.4, -0.2) is 25.8 Å². The number of piperidine rings is 1. The SMILES string of the molecule is CCOC1CCN(c2ccc(Br)cc2N)CC1. The van der Waals surface area contributed by atoms with Crippen LogP contribution in [0.5, 0.6) is 0 Å². The van der Waals surface area contributed by atoms with Crippen LogP contribution in [0.15, 0.2) is 22.7 Å². The van der Waals surface area contributed by atoms with Gasteiger partial charge in [-0.25, -0.2) is 0 Å². The molecule has 0 bridgehead atoms. The Morgan fingerprint density at radius 1 is 1.41 bits per heavy atom. The van der Waals surface area contributed by atoms with Gasteiger partial charge in [0.15, 0.2) is 0 Å². The number of rotatable bonds is 3. The summed E-state index contributed by atoms with van der Waals surface area (Å²) in [5.74, 6) is 0. The van der Waals surface area contributed by atoms with E-state index >= 15 is 0 Å². The predicted molar refractivity (Wildman–Crippen MR) is 75.4 cm³/mol. The molecule has 1 aromatic carbocycles. The van der Waals surface area contributed by atoms with Crippen LogP contribution in [0, 0.1) is 0 Å². The van der Waals surface area contributed by atoms with Crippen LogP contribution in [0.3, 0.4) is 0 Å². The van der Waals surface area contributed by atoms with Crippen LogP contribution in [0.2, 0.25) is 0 Å². The molecular weight excluding hydrogens is 280 g/mol. The van der Waals surface area contributed by atoms with E-state index in [0.717, 1.165) is 48.4 Å². The fourth-order valence-electron chi connectivity index (χ4n) is 2.31. The van der Waals surface area contributed by atoms with Crippen LogP contribution < -0.4 is 10.6 Å². The number of anilines is 2. The zero-order chi connectivity index (χ0) is 12.3. The molecule has 1 aliphatic heterocycles. The van der Waals surface area contributed by atoms with Gasteiger partial charge in [0.2, 0.25) is 0 Å². The number of nitrogen functional groups attached to an aromatic ring is 1. The summed E-state index contributed by atoms with van der Waals surface area (Å²) in [7, 11) is 0. The van der Waals surface area contributed by atoms with Crippen molar-refractivity contribution in [2.45, 2.75) is 25.9 Å².